The van der Waals surface area contributed by atoms with Crippen LogP contribution >= 0.6 is 11.6 Å². The second kappa shape index (κ2) is 8.47. The molecule has 138 valence electrons. The van der Waals surface area contributed by atoms with E-state index < -0.39 is 0 Å². The number of quaternary nitrogens is 1. The van der Waals surface area contributed by atoms with Gasteiger partial charge in [0.05, 0.1) is 45.0 Å². The monoisotopic (exact) mass is 375 g/mol. The molecule has 0 saturated carbocycles. The molecule has 7 heteroatoms. The Labute approximate surface area is 158 Å². The average Bonchev–Trinajstić information content (AvgIpc) is 2.68. The maximum Gasteiger partial charge on any atom is 0.266 e. The molecule has 0 aliphatic carbocycles. The lowest BCUT2D eigenvalue weighted by Crippen LogP contribution is -3.14. The number of carbonyl (C=O) groups is 1. The highest BCUT2D eigenvalue weighted by molar-refractivity contribution is 6.30. The summed E-state index contributed by atoms with van der Waals surface area (Å²) in [5.41, 5.74) is 1.37. The van der Waals surface area contributed by atoms with Crippen molar-refractivity contribution in [3.63, 3.8) is 0 Å². The summed E-state index contributed by atoms with van der Waals surface area (Å²) in [6, 6.07) is 10.5. The van der Waals surface area contributed by atoms with Crippen molar-refractivity contribution in [3.8, 4) is 11.3 Å². The molecule has 1 aromatic heterocycles. The number of aromatic nitrogens is 2. The lowest BCUT2D eigenvalue weighted by molar-refractivity contribution is -0.902. The van der Waals surface area contributed by atoms with Gasteiger partial charge in [-0.2, -0.15) is 5.10 Å². The van der Waals surface area contributed by atoms with E-state index in [0.717, 1.165) is 38.3 Å². The molecule has 1 N–H and O–H groups in total. The number of halogens is 1. The first-order valence-corrected chi connectivity index (χ1v) is 9.40. The van der Waals surface area contributed by atoms with Gasteiger partial charge in [-0.1, -0.05) is 23.7 Å². The Hall–Kier alpha value is -2.18. The highest BCUT2D eigenvalue weighted by Crippen LogP contribution is 2.18. The zero-order valence-electron chi connectivity index (χ0n) is 14.9. The van der Waals surface area contributed by atoms with Gasteiger partial charge in [0, 0.05) is 23.1 Å². The summed E-state index contributed by atoms with van der Waals surface area (Å²) in [4.78, 5) is 27.9. The average molecular weight is 376 g/mol. The number of aryl methyl sites for hydroxylation is 1. The molecular weight excluding hydrogens is 352 g/mol. The van der Waals surface area contributed by atoms with Crippen molar-refractivity contribution in [1.82, 2.24) is 14.7 Å². The standard InChI is InChI=1S/C19H23ClN4O2/c1-2-22-11-13-23(14-12-22)18(25)9-10-24-19(26)8-7-17(21-24)15-3-5-16(20)6-4-15/h3-8H,2,9-14H2,1H3/p+1. The predicted octanol–water partition coefficient (Wildman–Crippen LogP) is 0.701. The zero-order chi connectivity index (χ0) is 18.5. The van der Waals surface area contributed by atoms with Crippen LogP contribution in [0.5, 0.6) is 0 Å². The smallest absolute Gasteiger partial charge is 0.266 e. The molecule has 2 aromatic rings. The van der Waals surface area contributed by atoms with Crippen LogP contribution in [-0.2, 0) is 11.3 Å². The molecule has 1 amide bonds. The second-order valence-corrected chi connectivity index (χ2v) is 6.96. The quantitative estimate of drug-likeness (QED) is 0.837. The maximum absolute atomic E-state index is 12.4. The van der Waals surface area contributed by atoms with Gasteiger partial charge in [0.15, 0.2) is 0 Å². The van der Waals surface area contributed by atoms with Crippen LogP contribution < -0.4 is 10.5 Å². The Balaban J connectivity index is 1.64. The number of hydrogen-bond acceptors (Lipinski definition) is 3. The van der Waals surface area contributed by atoms with Crippen LogP contribution in [0.25, 0.3) is 11.3 Å². The molecule has 0 unspecified atom stereocenters. The predicted molar refractivity (Wildman–Crippen MR) is 101 cm³/mol. The first-order chi connectivity index (χ1) is 12.6. The van der Waals surface area contributed by atoms with Crippen molar-refractivity contribution in [1.29, 1.82) is 0 Å². The molecule has 1 aliphatic rings. The lowest BCUT2D eigenvalue weighted by atomic mass is 10.1. The number of amides is 1. The van der Waals surface area contributed by atoms with E-state index in [9.17, 15) is 9.59 Å². The molecule has 3 rings (SSSR count). The molecule has 1 saturated heterocycles. The third kappa shape index (κ3) is 4.51. The zero-order valence-corrected chi connectivity index (χ0v) is 15.7. The number of rotatable bonds is 5. The molecule has 6 nitrogen and oxygen atoms in total. The van der Waals surface area contributed by atoms with Crippen LogP contribution in [0.1, 0.15) is 13.3 Å². The van der Waals surface area contributed by atoms with Crippen molar-refractivity contribution in [2.45, 2.75) is 19.9 Å². The largest absolute Gasteiger partial charge is 0.332 e. The number of carbonyl (C=O) groups excluding carboxylic acids is 1. The highest BCUT2D eigenvalue weighted by Gasteiger charge is 2.22. The summed E-state index contributed by atoms with van der Waals surface area (Å²) in [5.74, 6) is 0.0887. The molecule has 0 spiro atoms. The van der Waals surface area contributed by atoms with Gasteiger partial charge in [-0.15, -0.1) is 0 Å². The van der Waals surface area contributed by atoms with E-state index in [-0.39, 0.29) is 11.5 Å². The van der Waals surface area contributed by atoms with E-state index in [2.05, 4.69) is 12.0 Å². The Bertz CT molecular complexity index is 811. The van der Waals surface area contributed by atoms with Crippen LogP contribution in [0, 0.1) is 0 Å². The number of likely N-dealkylation sites (N-methyl/N-ethyl adjacent to an activating group) is 1. The number of hydrogen-bond donors (Lipinski definition) is 1. The van der Waals surface area contributed by atoms with E-state index in [0.29, 0.717) is 23.7 Å². The van der Waals surface area contributed by atoms with E-state index in [1.807, 2.05) is 17.0 Å². The van der Waals surface area contributed by atoms with E-state index >= 15 is 0 Å². The minimum absolute atomic E-state index is 0.0887. The van der Waals surface area contributed by atoms with Crippen molar-refractivity contribution in [2.24, 2.45) is 0 Å². The SMILES string of the molecule is CC[NH+]1CCN(C(=O)CCn2nc(-c3ccc(Cl)cc3)ccc2=O)CC1. The van der Waals surface area contributed by atoms with Gasteiger partial charge in [-0.05, 0) is 25.1 Å². The fourth-order valence-corrected chi connectivity index (χ4v) is 3.30. The first-order valence-electron chi connectivity index (χ1n) is 9.02. The van der Waals surface area contributed by atoms with Gasteiger partial charge in [0.2, 0.25) is 5.91 Å². The second-order valence-electron chi connectivity index (χ2n) is 6.52. The highest BCUT2D eigenvalue weighted by atomic mass is 35.5. The van der Waals surface area contributed by atoms with E-state index in [4.69, 9.17) is 11.6 Å². The summed E-state index contributed by atoms with van der Waals surface area (Å²) in [7, 11) is 0. The van der Waals surface area contributed by atoms with Crippen LogP contribution in [0.3, 0.4) is 0 Å². The number of nitrogens with zero attached hydrogens (tertiary/aromatic N) is 3. The maximum atomic E-state index is 12.4. The molecule has 26 heavy (non-hydrogen) atoms. The van der Waals surface area contributed by atoms with Gasteiger partial charge in [-0.3, -0.25) is 9.59 Å². The van der Waals surface area contributed by atoms with Gasteiger partial charge in [-0.25, -0.2) is 4.68 Å². The van der Waals surface area contributed by atoms with Gasteiger partial charge in [0.1, 0.15) is 0 Å². The van der Waals surface area contributed by atoms with Crippen LogP contribution in [0.15, 0.2) is 41.2 Å². The molecule has 1 aromatic carbocycles. The fraction of sp³-hybridized carbons (Fsp3) is 0.421. The summed E-state index contributed by atoms with van der Waals surface area (Å²) in [5, 5.41) is 5.05. The topological polar surface area (TPSA) is 59.6 Å². The van der Waals surface area contributed by atoms with Gasteiger partial charge < -0.3 is 9.80 Å². The molecule has 2 heterocycles. The van der Waals surface area contributed by atoms with E-state index in [1.54, 1.807) is 18.2 Å². The summed E-state index contributed by atoms with van der Waals surface area (Å²) >= 11 is 5.91. The summed E-state index contributed by atoms with van der Waals surface area (Å²) in [6.45, 7) is 7.11. The van der Waals surface area contributed by atoms with Gasteiger partial charge >= 0.3 is 0 Å². The van der Waals surface area contributed by atoms with Crippen LogP contribution in [0.4, 0.5) is 0 Å². The Morgan fingerprint density at radius 2 is 1.85 bits per heavy atom. The number of nitrogens with one attached hydrogen (secondary N) is 1. The Morgan fingerprint density at radius 3 is 2.50 bits per heavy atom. The molecule has 0 bridgehead atoms. The fourth-order valence-electron chi connectivity index (χ4n) is 3.17. The van der Waals surface area contributed by atoms with Crippen molar-refractivity contribution >= 4 is 17.5 Å². The summed E-state index contributed by atoms with van der Waals surface area (Å²) < 4.78 is 1.37. The van der Waals surface area contributed by atoms with Crippen molar-refractivity contribution < 1.29 is 9.69 Å². The van der Waals surface area contributed by atoms with Gasteiger partial charge in [0.25, 0.3) is 5.56 Å². The van der Waals surface area contributed by atoms with Crippen molar-refractivity contribution in [2.75, 3.05) is 32.7 Å². The molecule has 0 radical (unpaired) electrons. The first kappa shape index (κ1) is 18.6. The normalized spacial score (nSPS) is 15.2. The third-order valence-corrected chi connectivity index (χ3v) is 5.12. The van der Waals surface area contributed by atoms with Crippen molar-refractivity contribution in [3.05, 3.63) is 51.8 Å². The third-order valence-electron chi connectivity index (χ3n) is 4.87. The minimum Gasteiger partial charge on any atom is -0.332 e. The lowest BCUT2D eigenvalue weighted by Gasteiger charge is -2.31. The minimum atomic E-state index is -0.198. The Morgan fingerprint density at radius 1 is 1.15 bits per heavy atom. The molecule has 1 fully saturated rings. The Kier molecular flexibility index (Phi) is 6.06. The molecule has 0 atom stereocenters. The van der Waals surface area contributed by atoms with Crippen LogP contribution in [-0.4, -0.2) is 53.3 Å². The van der Waals surface area contributed by atoms with Crippen LogP contribution in [0.2, 0.25) is 5.02 Å². The molecular formula is C19H24ClN4O2+. The number of benzene rings is 1. The number of piperazine rings is 1. The molecule has 1 aliphatic heterocycles. The summed E-state index contributed by atoms with van der Waals surface area (Å²) in [6.07, 6.45) is 0.290. The van der Waals surface area contributed by atoms with E-state index in [1.165, 1.54) is 15.6 Å².